The number of para-hydroxylation sites is 1. The van der Waals surface area contributed by atoms with E-state index in [2.05, 4.69) is 29.8 Å². The molecule has 1 aromatic heterocycles. The normalized spacial score (nSPS) is 12.4. The van der Waals surface area contributed by atoms with Gasteiger partial charge in [-0.25, -0.2) is 0 Å². The summed E-state index contributed by atoms with van der Waals surface area (Å²) >= 11 is 0. The van der Waals surface area contributed by atoms with Crippen molar-refractivity contribution in [2.75, 3.05) is 0 Å². The quantitative estimate of drug-likeness (QED) is 0.589. The Morgan fingerprint density at radius 3 is 2.57 bits per heavy atom. The highest BCUT2D eigenvalue weighted by molar-refractivity contribution is 5.96. The molecular formula is C24H25N3O. The van der Waals surface area contributed by atoms with Gasteiger partial charge in [0, 0.05) is 35.3 Å². The highest BCUT2D eigenvalue weighted by Crippen LogP contribution is 2.24. The second-order valence-corrected chi connectivity index (χ2v) is 7.18. The van der Waals surface area contributed by atoms with Crippen molar-refractivity contribution in [1.29, 1.82) is 5.26 Å². The molecule has 1 N–H and O–H groups in total. The first-order valence-electron chi connectivity index (χ1n) is 9.58. The van der Waals surface area contributed by atoms with E-state index in [-0.39, 0.29) is 17.9 Å². The smallest absolute Gasteiger partial charge is 0.244 e. The molecule has 0 aliphatic carbocycles. The number of rotatable bonds is 7. The molecule has 0 aliphatic rings. The van der Waals surface area contributed by atoms with Crippen LogP contribution in [0.4, 0.5) is 0 Å². The Balaban J connectivity index is 1.79. The van der Waals surface area contributed by atoms with Crippen LogP contribution in [0.3, 0.4) is 0 Å². The van der Waals surface area contributed by atoms with Crippen molar-refractivity contribution in [1.82, 2.24) is 9.88 Å². The monoisotopic (exact) mass is 371 g/mol. The van der Waals surface area contributed by atoms with Gasteiger partial charge in [0.05, 0.1) is 18.5 Å². The van der Waals surface area contributed by atoms with Gasteiger partial charge in [-0.05, 0) is 23.6 Å². The minimum Gasteiger partial charge on any atom is -0.346 e. The lowest BCUT2D eigenvalue weighted by atomic mass is 9.96. The van der Waals surface area contributed by atoms with E-state index in [1.54, 1.807) is 6.08 Å². The molecule has 142 valence electrons. The van der Waals surface area contributed by atoms with E-state index in [1.165, 1.54) is 0 Å². The number of nitrogens with one attached hydrogen (secondary N) is 1. The number of carbonyl (C=O) groups is 1. The number of nitriles is 1. The fourth-order valence-corrected chi connectivity index (χ4v) is 3.43. The van der Waals surface area contributed by atoms with Gasteiger partial charge in [-0.1, -0.05) is 62.4 Å². The van der Waals surface area contributed by atoms with Crippen LogP contribution in [0.5, 0.6) is 0 Å². The van der Waals surface area contributed by atoms with Crippen LogP contribution in [-0.2, 0) is 11.3 Å². The van der Waals surface area contributed by atoms with Crippen molar-refractivity contribution in [3.05, 3.63) is 78.0 Å². The van der Waals surface area contributed by atoms with Gasteiger partial charge in [0.25, 0.3) is 0 Å². The van der Waals surface area contributed by atoms with Crippen molar-refractivity contribution in [2.45, 2.75) is 32.9 Å². The summed E-state index contributed by atoms with van der Waals surface area (Å²) < 4.78 is 2.07. The lowest BCUT2D eigenvalue weighted by Gasteiger charge is -2.22. The van der Waals surface area contributed by atoms with E-state index in [4.69, 9.17) is 5.26 Å². The molecule has 28 heavy (non-hydrogen) atoms. The molecule has 1 atom stereocenters. The summed E-state index contributed by atoms with van der Waals surface area (Å²) in [5.74, 6) is 0.170. The van der Waals surface area contributed by atoms with Crippen LogP contribution in [0.15, 0.2) is 66.9 Å². The van der Waals surface area contributed by atoms with Gasteiger partial charge < -0.3 is 9.88 Å². The van der Waals surface area contributed by atoms with Crippen LogP contribution >= 0.6 is 0 Å². The predicted molar refractivity (Wildman–Crippen MR) is 113 cm³/mol. The zero-order chi connectivity index (χ0) is 19.9. The fraction of sp³-hybridized carbons (Fsp3) is 0.250. The van der Waals surface area contributed by atoms with Gasteiger partial charge in [-0.3, -0.25) is 4.79 Å². The molecule has 4 heteroatoms. The summed E-state index contributed by atoms with van der Waals surface area (Å²) in [6.45, 7) is 4.84. The molecule has 0 radical (unpaired) electrons. The van der Waals surface area contributed by atoms with Gasteiger partial charge in [-0.15, -0.1) is 0 Å². The summed E-state index contributed by atoms with van der Waals surface area (Å²) in [4.78, 5) is 12.6. The zero-order valence-corrected chi connectivity index (χ0v) is 16.3. The van der Waals surface area contributed by atoms with Crippen LogP contribution < -0.4 is 5.32 Å². The lowest BCUT2D eigenvalue weighted by molar-refractivity contribution is -0.117. The molecule has 0 spiro atoms. The third kappa shape index (κ3) is 4.50. The van der Waals surface area contributed by atoms with Crippen LogP contribution in [0, 0.1) is 17.2 Å². The summed E-state index contributed by atoms with van der Waals surface area (Å²) in [5, 5.41) is 13.1. The van der Waals surface area contributed by atoms with Crippen molar-refractivity contribution >= 4 is 22.9 Å². The molecule has 0 fully saturated rings. The number of nitrogens with zero attached hydrogens (tertiary/aromatic N) is 2. The van der Waals surface area contributed by atoms with Crippen molar-refractivity contribution in [3.8, 4) is 6.07 Å². The Bertz CT molecular complexity index is 1010. The van der Waals surface area contributed by atoms with Crippen LogP contribution in [0.2, 0.25) is 0 Å². The largest absolute Gasteiger partial charge is 0.346 e. The van der Waals surface area contributed by atoms with Crippen LogP contribution in [-0.4, -0.2) is 10.5 Å². The maximum absolute atomic E-state index is 12.6. The van der Waals surface area contributed by atoms with Gasteiger partial charge in [-0.2, -0.15) is 5.26 Å². The molecule has 0 saturated heterocycles. The van der Waals surface area contributed by atoms with Crippen molar-refractivity contribution in [3.63, 3.8) is 0 Å². The number of fused-ring (bicyclic) bond motifs is 1. The molecule has 1 amide bonds. The predicted octanol–water partition coefficient (Wildman–Crippen LogP) is 5.08. The van der Waals surface area contributed by atoms with E-state index in [0.717, 1.165) is 22.0 Å². The Labute approximate surface area is 166 Å². The summed E-state index contributed by atoms with van der Waals surface area (Å²) in [6, 6.07) is 20.2. The summed E-state index contributed by atoms with van der Waals surface area (Å²) in [6.07, 6.45) is 5.90. The molecule has 0 aliphatic heterocycles. The molecule has 3 rings (SSSR count). The minimum atomic E-state index is -0.114. The second kappa shape index (κ2) is 9.05. The standard InChI is InChI=1S/C24H25N3O/c1-18(2)24(19-9-4-3-5-10-19)26-23(28)14-13-20-17-27(16-8-15-25)22-12-7-6-11-21(20)22/h3-7,9-14,17-18,24H,8,16H2,1-2H3,(H,26,28)/b14-13+/t24-/m1/s1. The first-order chi connectivity index (χ1) is 13.6. The van der Waals surface area contributed by atoms with Crippen LogP contribution in [0.25, 0.3) is 17.0 Å². The number of amides is 1. The van der Waals surface area contributed by atoms with E-state index in [9.17, 15) is 4.79 Å². The third-order valence-corrected chi connectivity index (χ3v) is 4.82. The maximum atomic E-state index is 12.6. The van der Waals surface area contributed by atoms with E-state index in [0.29, 0.717) is 13.0 Å². The first kappa shape index (κ1) is 19.4. The lowest BCUT2D eigenvalue weighted by Crippen LogP contribution is -2.30. The molecule has 0 bridgehead atoms. The Kier molecular flexibility index (Phi) is 6.29. The van der Waals surface area contributed by atoms with E-state index < -0.39 is 0 Å². The summed E-state index contributed by atoms with van der Waals surface area (Å²) in [7, 11) is 0. The topological polar surface area (TPSA) is 57.8 Å². The number of carbonyl (C=O) groups excluding carboxylic acids is 1. The van der Waals surface area contributed by atoms with Gasteiger partial charge >= 0.3 is 0 Å². The minimum absolute atomic E-state index is 0.0321. The Morgan fingerprint density at radius 2 is 1.86 bits per heavy atom. The highest BCUT2D eigenvalue weighted by Gasteiger charge is 2.17. The second-order valence-electron chi connectivity index (χ2n) is 7.18. The molecule has 2 aromatic carbocycles. The average molecular weight is 371 g/mol. The zero-order valence-electron chi connectivity index (χ0n) is 16.3. The fourth-order valence-electron chi connectivity index (χ4n) is 3.43. The van der Waals surface area contributed by atoms with Gasteiger partial charge in [0.15, 0.2) is 0 Å². The number of aryl methyl sites for hydroxylation is 1. The number of hydrogen-bond donors (Lipinski definition) is 1. The SMILES string of the molecule is CC(C)[C@@H](NC(=O)/C=C/c1cn(CCC#N)c2ccccc12)c1ccccc1. The van der Waals surface area contributed by atoms with E-state index >= 15 is 0 Å². The van der Waals surface area contributed by atoms with Crippen molar-refractivity contribution in [2.24, 2.45) is 5.92 Å². The molecule has 3 aromatic rings. The third-order valence-electron chi connectivity index (χ3n) is 4.82. The summed E-state index contributed by atoms with van der Waals surface area (Å²) in [5.41, 5.74) is 3.15. The Hall–Kier alpha value is -3.32. The highest BCUT2D eigenvalue weighted by atomic mass is 16.1. The molecule has 0 saturated carbocycles. The van der Waals surface area contributed by atoms with Gasteiger partial charge in [0.1, 0.15) is 0 Å². The van der Waals surface area contributed by atoms with Crippen molar-refractivity contribution < 1.29 is 4.79 Å². The molecule has 4 nitrogen and oxygen atoms in total. The average Bonchev–Trinajstić information content (AvgIpc) is 3.07. The Morgan fingerprint density at radius 1 is 1.14 bits per heavy atom. The number of aromatic nitrogens is 1. The number of benzene rings is 2. The molecule has 1 heterocycles. The molecule has 0 unspecified atom stereocenters. The molecular weight excluding hydrogens is 346 g/mol. The first-order valence-corrected chi connectivity index (χ1v) is 9.58. The van der Waals surface area contributed by atoms with Gasteiger partial charge in [0.2, 0.25) is 5.91 Å². The van der Waals surface area contributed by atoms with E-state index in [1.807, 2.05) is 66.9 Å². The van der Waals surface area contributed by atoms with Crippen LogP contribution in [0.1, 0.15) is 37.4 Å². The number of hydrogen-bond acceptors (Lipinski definition) is 2. The maximum Gasteiger partial charge on any atom is 0.244 e.